The molecule has 2 aliphatic rings. The summed E-state index contributed by atoms with van der Waals surface area (Å²) in [5, 5.41) is 9.26. The van der Waals surface area contributed by atoms with E-state index >= 15 is 0 Å². The van der Waals surface area contributed by atoms with Crippen LogP contribution in [0.1, 0.15) is 17.7 Å². The monoisotopic (exact) mass is 410 g/mol. The van der Waals surface area contributed by atoms with Gasteiger partial charge in [-0.25, -0.2) is 4.68 Å². The molecular weight excluding hydrogens is 384 g/mol. The third kappa shape index (κ3) is 3.20. The van der Waals surface area contributed by atoms with Gasteiger partial charge in [0.15, 0.2) is 5.65 Å². The third-order valence-electron chi connectivity index (χ3n) is 6.26. The van der Waals surface area contributed by atoms with Gasteiger partial charge in [0, 0.05) is 52.9 Å². The first kappa shape index (κ1) is 19.0. The van der Waals surface area contributed by atoms with Crippen molar-refractivity contribution in [3.63, 3.8) is 0 Å². The molecule has 30 heavy (non-hydrogen) atoms. The normalized spacial score (nSPS) is 17.1. The van der Waals surface area contributed by atoms with Gasteiger partial charge in [0.1, 0.15) is 5.39 Å². The summed E-state index contributed by atoms with van der Waals surface area (Å²) in [4.78, 5) is 34.1. The van der Waals surface area contributed by atoms with E-state index in [1.807, 2.05) is 0 Å². The maximum atomic E-state index is 12.6. The molecule has 0 aromatic carbocycles. The van der Waals surface area contributed by atoms with Crippen LogP contribution in [0.5, 0.6) is 0 Å². The largest absolute Gasteiger partial charge is 0.340 e. The van der Waals surface area contributed by atoms with E-state index in [4.69, 9.17) is 4.98 Å². The predicted molar refractivity (Wildman–Crippen MR) is 113 cm³/mol. The first-order chi connectivity index (χ1) is 14.5. The highest BCUT2D eigenvalue weighted by molar-refractivity contribution is 5.74. The molecule has 5 rings (SSSR count). The van der Waals surface area contributed by atoms with Crippen molar-refractivity contribution in [3.8, 4) is 0 Å². The standard InChI is InChI=1S/C20H26N8O2/c1-24-19(30)15-13-21-25(2)18(15)22-20(24)27-9-6-26(7-10-27)8-11-28-17(29)12-14-4-3-5-16(14)23-28/h12-13H,3-11H2,1-2H3. The lowest BCUT2D eigenvalue weighted by molar-refractivity contribution is 0.241. The van der Waals surface area contributed by atoms with Gasteiger partial charge in [0.2, 0.25) is 5.95 Å². The lowest BCUT2D eigenvalue weighted by Gasteiger charge is -2.35. The molecule has 1 fully saturated rings. The van der Waals surface area contributed by atoms with Gasteiger partial charge in [-0.2, -0.15) is 15.2 Å². The number of piperazine rings is 1. The molecule has 0 spiro atoms. The Morgan fingerprint density at radius 2 is 1.83 bits per heavy atom. The van der Waals surface area contributed by atoms with Gasteiger partial charge >= 0.3 is 0 Å². The average Bonchev–Trinajstić information content (AvgIpc) is 3.35. The smallest absolute Gasteiger partial charge is 0.267 e. The zero-order chi connectivity index (χ0) is 20.8. The zero-order valence-corrected chi connectivity index (χ0v) is 17.4. The maximum Gasteiger partial charge on any atom is 0.267 e. The van der Waals surface area contributed by atoms with Crippen LogP contribution in [0, 0.1) is 0 Å². The number of rotatable bonds is 4. The van der Waals surface area contributed by atoms with Crippen molar-refractivity contribution >= 4 is 17.0 Å². The van der Waals surface area contributed by atoms with Gasteiger partial charge in [-0.05, 0) is 24.8 Å². The van der Waals surface area contributed by atoms with Crippen molar-refractivity contribution in [1.82, 2.24) is 34.0 Å². The number of aromatic nitrogens is 6. The number of aryl methyl sites for hydroxylation is 3. The van der Waals surface area contributed by atoms with Gasteiger partial charge in [-0.1, -0.05) is 0 Å². The second kappa shape index (κ2) is 7.35. The van der Waals surface area contributed by atoms with E-state index in [0.717, 1.165) is 63.2 Å². The van der Waals surface area contributed by atoms with E-state index in [-0.39, 0.29) is 11.1 Å². The molecule has 1 aliphatic carbocycles. The molecule has 3 aromatic rings. The SMILES string of the molecule is Cn1c(N2CCN(CCn3nc4c(cc3=O)CCC4)CC2)nc2c(cnn2C)c1=O. The van der Waals surface area contributed by atoms with Crippen LogP contribution in [-0.2, 0) is 33.5 Å². The van der Waals surface area contributed by atoms with Crippen LogP contribution in [0.3, 0.4) is 0 Å². The minimum atomic E-state index is -0.0763. The van der Waals surface area contributed by atoms with Crippen LogP contribution >= 0.6 is 0 Å². The highest BCUT2D eigenvalue weighted by Crippen LogP contribution is 2.17. The minimum Gasteiger partial charge on any atom is -0.340 e. The Morgan fingerprint density at radius 1 is 1.03 bits per heavy atom. The van der Waals surface area contributed by atoms with Crippen molar-refractivity contribution in [2.75, 3.05) is 37.6 Å². The highest BCUT2D eigenvalue weighted by Gasteiger charge is 2.22. The zero-order valence-electron chi connectivity index (χ0n) is 17.4. The molecule has 1 saturated heterocycles. The van der Waals surface area contributed by atoms with Gasteiger partial charge in [0.05, 0.1) is 18.4 Å². The van der Waals surface area contributed by atoms with Crippen molar-refractivity contribution in [3.05, 3.63) is 44.2 Å². The summed E-state index contributed by atoms with van der Waals surface area (Å²) in [6.45, 7) is 4.63. The van der Waals surface area contributed by atoms with Crippen molar-refractivity contribution < 1.29 is 0 Å². The lowest BCUT2D eigenvalue weighted by atomic mass is 10.2. The number of hydrogen-bond acceptors (Lipinski definition) is 7. The maximum absolute atomic E-state index is 12.6. The molecule has 1 aliphatic heterocycles. The van der Waals surface area contributed by atoms with Crippen molar-refractivity contribution in [2.45, 2.75) is 25.8 Å². The van der Waals surface area contributed by atoms with E-state index in [1.165, 1.54) is 0 Å². The quantitative estimate of drug-likeness (QED) is 0.574. The second-order valence-electron chi connectivity index (χ2n) is 8.14. The van der Waals surface area contributed by atoms with E-state index in [9.17, 15) is 9.59 Å². The molecule has 0 amide bonds. The minimum absolute atomic E-state index is 0.00188. The number of nitrogens with zero attached hydrogens (tertiary/aromatic N) is 8. The van der Waals surface area contributed by atoms with E-state index in [1.54, 1.807) is 40.3 Å². The average molecular weight is 410 g/mol. The van der Waals surface area contributed by atoms with Crippen LogP contribution in [0.4, 0.5) is 5.95 Å². The van der Waals surface area contributed by atoms with Crippen LogP contribution in [0.15, 0.2) is 21.9 Å². The molecule has 0 saturated carbocycles. The van der Waals surface area contributed by atoms with E-state index < -0.39 is 0 Å². The van der Waals surface area contributed by atoms with Crippen LogP contribution in [0.2, 0.25) is 0 Å². The molecule has 0 unspecified atom stereocenters. The Balaban J connectivity index is 1.26. The summed E-state index contributed by atoms with van der Waals surface area (Å²) in [7, 11) is 3.56. The molecular formula is C20H26N8O2. The number of anilines is 1. The Labute approximate surface area is 173 Å². The Hall–Kier alpha value is -3.01. The predicted octanol–water partition coefficient (Wildman–Crippen LogP) is -0.465. The van der Waals surface area contributed by atoms with Gasteiger partial charge in [-0.3, -0.25) is 23.7 Å². The van der Waals surface area contributed by atoms with Crippen molar-refractivity contribution in [2.24, 2.45) is 14.1 Å². The Morgan fingerprint density at radius 3 is 2.63 bits per heavy atom. The second-order valence-corrected chi connectivity index (χ2v) is 8.14. The summed E-state index contributed by atoms with van der Waals surface area (Å²) >= 11 is 0. The van der Waals surface area contributed by atoms with Gasteiger partial charge in [-0.15, -0.1) is 0 Å². The molecule has 158 valence electrons. The molecule has 10 heteroatoms. The first-order valence-electron chi connectivity index (χ1n) is 10.5. The fraction of sp³-hybridized carbons (Fsp3) is 0.550. The van der Waals surface area contributed by atoms with Gasteiger partial charge in [0.25, 0.3) is 11.1 Å². The van der Waals surface area contributed by atoms with Crippen molar-refractivity contribution in [1.29, 1.82) is 0 Å². The first-order valence-corrected chi connectivity index (χ1v) is 10.5. The molecule has 0 radical (unpaired) electrons. The topological polar surface area (TPSA) is 94.1 Å². The summed E-state index contributed by atoms with van der Waals surface area (Å²) in [6.07, 6.45) is 4.61. The summed E-state index contributed by atoms with van der Waals surface area (Å²) in [5.74, 6) is 0.673. The number of hydrogen-bond donors (Lipinski definition) is 0. The molecule has 3 aromatic heterocycles. The molecule has 0 bridgehead atoms. The van der Waals surface area contributed by atoms with Crippen LogP contribution in [-0.4, -0.2) is 66.7 Å². The molecule has 10 nitrogen and oxygen atoms in total. The Kier molecular flexibility index (Phi) is 4.65. The fourth-order valence-corrected chi connectivity index (χ4v) is 4.45. The highest BCUT2D eigenvalue weighted by atomic mass is 16.1. The summed E-state index contributed by atoms with van der Waals surface area (Å²) in [5.41, 5.74) is 2.73. The number of fused-ring (bicyclic) bond motifs is 2. The van der Waals surface area contributed by atoms with Crippen LogP contribution in [0.25, 0.3) is 11.0 Å². The Bertz CT molecular complexity index is 1220. The molecule has 4 heterocycles. The summed E-state index contributed by atoms with van der Waals surface area (Å²) in [6, 6.07) is 1.76. The molecule has 0 N–H and O–H groups in total. The van der Waals surface area contributed by atoms with Gasteiger partial charge < -0.3 is 4.90 Å². The third-order valence-corrected chi connectivity index (χ3v) is 6.26. The van der Waals surface area contributed by atoms with E-state index in [2.05, 4.69) is 20.0 Å². The van der Waals surface area contributed by atoms with E-state index in [0.29, 0.717) is 23.5 Å². The molecule has 0 atom stereocenters. The van der Waals surface area contributed by atoms with Crippen LogP contribution < -0.4 is 16.0 Å². The lowest BCUT2D eigenvalue weighted by Crippen LogP contribution is -2.49. The summed E-state index contributed by atoms with van der Waals surface area (Å²) < 4.78 is 4.85. The fourth-order valence-electron chi connectivity index (χ4n) is 4.45.